The SMILES string of the molecule is CC(C)CNCc1cccc(CN2CC(C)OC(C)C2)c1. The Bertz CT molecular complexity index is 423. The molecule has 1 aromatic carbocycles. The summed E-state index contributed by atoms with van der Waals surface area (Å²) in [4.78, 5) is 2.50. The normalized spacial score (nSPS) is 23.7. The minimum absolute atomic E-state index is 0.338. The van der Waals surface area contributed by atoms with E-state index in [2.05, 4.69) is 62.2 Å². The maximum Gasteiger partial charge on any atom is 0.0678 e. The van der Waals surface area contributed by atoms with Crippen LogP contribution in [-0.4, -0.2) is 36.7 Å². The van der Waals surface area contributed by atoms with Gasteiger partial charge in [-0.15, -0.1) is 0 Å². The van der Waals surface area contributed by atoms with Crippen molar-refractivity contribution in [1.82, 2.24) is 10.2 Å². The van der Waals surface area contributed by atoms with Gasteiger partial charge in [-0.1, -0.05) is 38.1 Å². The van der Waals surface area contributed by atoms with E-state index in [4.69, 9.17) is 4.74 Å². The summed E-state index contributed by atoms with van der Waals surface area (Å²) in [5.74, 6) is 0.699. The molecule has 21 heavy (non-hydrogen) atoms. The summed E-state index contributed by atoms with van der Waals surface area (Å²) in [6, 6.07) is 8.95. The Balaban J connectivity index is 1.88. The number of benzene rings is 1. The molecule has 3 nitrogen and oxygen atoms in total. The van der Waals surface area contributed by atoms with E-state index in [1.54, 1.807) is 0 Å². The molecule has 0 saturated carbocycles. The lowest BCUT2D eigenvalue weighted by atomic mass is 10.1. The van der Waals surface area contributed by atoms with Crippen LogP contribution in [-0.2, 0) is 17.8 Å². The summed E-state index contributed by atoms with van der Waals surface area (Å²) >= 11 is 0. The molecule has 0 amide bonds. The first-order valence-electron chi connectivity index (χ1n) is 8.19. The van der Waals surface area contributed by atoms with Crippen molar-refractivity contribution in [3.05, 3.63) is 35.4 Å². The second-order valence-electron chi connectivity index (χ2n) is 6.80. The first-order chi connectivity index (χ1) is 10.0. The van der Waals surface area contributed by atoms with Gasteiger partial charge in [-0.25, -0.2) is 0 Å². The zero-order valence-corrected chi connectivity index (χ0v) is 13.9. The first kappa shape index (κ1) is 16.5. The Morgan fingerprint density at radius 2 is 1.86 bits per heavy atom. The van der Waals surface area contributed by atoms with Crippen LogP contribution < -0.4 is 5.32 Å². The van der Waals surface area contributed by atoms with Crippen molar-refractivity contribution in [2.75, 3.05) is 19.6 Å². The first-order valence-corrected chi connectivity index (χ1v) is 8.19. The van der Waals surface area contributed by atoms with E-state index in [1.807, 2.05) is 0 Å². The molecule has 1 fully saturated rings. The average molecular weight is 290 g/mol. The lowest BCUT2D eigenvalue weighted by Gasteiger charge is -2.35. The van der Waals surface area contributed by atoms with E-state index in [-0.39, 0.29) is 0 Å². The highest BCUT2D eigenvalue weighted by molar-refractivity contribution is 5.23. The Kier molecular flexibility index (Phi) is 6.22. The molecular formula is C18H30N2O. The van der Waals surface area contributed by atoms with Gasteiger partial charge in [0.25, 0.3) is 0 Å². The quantitative estimate of drug-likeness (QED) is 0.871. The maximum atomic E-state index is 5.80. The van der Waals surface area contributed by atoms with Crippen LogP contribution in [0.2, 0.25) is 0 Å². The molecule has 0 radical (unpaired) electrons. The lowest BCUT2D eigenvalue weighted by Crippen LogP contribution is -2.44. The molecule has 2 rings (SSSR count). The molecule has 1 N–H and O–H groups in total. The third-order valence-electron chi connectivity index (χ3n) is 3.77. The molecular weight excluding hydrogens is 260 g/mol. The highest BCUT2D eigenvalue weighted by Gasteiger charge is 2.21. The number of morpholine rings is 1. The summed E-state index contributed by atoms with van der Waals surface area (Å²) in [5.41, 5.74) is 2.78. The number of ether oxygens (including phenoxy) is 1. The molecule has 0 spiro atoms. The fraction of sp³-hybridized carbons (Fsp3) is 0.667. The second-order valence-corrected chi connectivity index (χ2v) is 6.80. The van der Waals surface area contributed by atoms with Gasteiger partial charge in [0.15, 0.2) is 0 Å². The molecule has 2 unspecified atom stereocenters. The fourth-order valence-corrected chi connectivity index (χ4v) is 3.01. The minimum atomic E-state index is 0.338. The van der Waals surface area contributed by atoms with Crippen molar-refractivity contribution in [2.24, 2.45) is 5.92 Å². The van der Waals surface area contributed by atoms with Crippen LogP contribution in [0.5, 0.6) is 0 Å². The Morgan fingerprint density at radius 3 is 2.52 bits per heavy atom. The topological polar surface area (TPSA) is 24.5 Å². The Labute approximate surface area is 129 Å². The second kappa shape index (κ2) is 7.92. The molecule has 0 bridgehead atoms. The van der Waals surface area contributed by atoms with E-state index in [9.17, 15) is 0 Å². The predicted molar refractivity (Wildman–Crippen MR) is 88.3 cm³/mol. The summed E-state index contributed by atoms with van der Waals surface area (Å²) in [5, 5.41) is 3.51. The van der Waals surface area contributed by atoms with Crippen LogP contribution in [0.25, 0.3) is 0 Å². The van der Waals surface area contributed by atoms with Crippen molar-refractivity contribution >= 4 is 0 Å². The number of hydrogen-bond donors (Lipinski definition) is 1. The van der Waals surface area contributed by atoms with Gasteiger partial charge in [-0.05, 0) is 37.4 Å². The third-order valence-corrected chi connectivity index (χ3v) is 3.77. The van der Waals surface area contributed by atoms with Crippen LogP contribution in [0.4, 0.5) is 0 Å². The van der Waals surface area contributed by atoms with Gasteiger partial charge in [0, 0.05) is 26.2 Å². The molecule has 3 heteroatoms. The van der Waals surface area contributed by atoms with Gasteiger partial charge < -0.3 is 10.1 Å². The number of hydrogen-bond acceptors (Lipinski definition) is 3. The largest absolute Gasteiger partial charge is 0.373 e. The molecule has 1 aromatic rings. The van der Waals surface area contributed by atoms with Gasteiger partial charge in [-0.2, -0.15) is 0 Å². The van der Waals surface area contributed by atoms with Gasteiger partial charge >= 0.3 is 0 Å². The van der Waals surface area contributed by atoms with Crippen LogP contribution >= 0.6 is 0 Å². The zero-order valence-electron chi connectivity index (χ0n) is 13.9. The molecule has 1 aliphatic rings. The summed E-state index contributed by atoms with van der Waals surface area (Å²) < 4.78 is 5.80. The van der Waals surface area contributed by atoms with Crippen molar-refractivity contribution < 1.29 is 4.74 Å². The molecule has 0 aromatic heterocycles. The van der Waals surface area contributed by atoms with E-state index in [0.717, 1.165) is 32.7 Å². The fourth-order valence-electron chi connectivity index (χ4n) is 3.01. The van der Waals surface area contributed by atoms with Crippen molar-refractivity contribution in [2.45, 2.75) is 53.0 Å². The molecule has 1 heterocycles. The Morgan fingerprint density at radius 1 is 1.19 bits per heavy atom. The monoisotopic (exact) mass is 290 g/mol. The molecule has 118 valence electrons. The van der Waals surface area contributed by atoms with E-state index in [0.29, 0.717) is 18.1 Å². The number of nitrogens with one attached hydrogen (secondary N) is 1. The van der Waals surface area contributed by atoms with E-state index in [1.165, 1.54) is 11.1 Å². The van der Waals surface area contributed by atoms with Crippen molar-refractivity contribution in [3.8, 4) is 0 Å². The highest BCUT2D eigenvalue weighted by Crippen LogP contribution is 2.15. The third kappa shape index (κ3) is 5.77. The summed E-state index contributed by atoms with van der Waals surface area (Å²) in [6.45, 7) is 13.9. The van der Waals surface area contributed by atoms with Gasteiger partial charge in [0.05, 0.1) is 12.2 Å². The average Bonchev–Trinajstić information content (AvgIpc) is 2.37. The van der Waals surface area contributed by atoms with Crippen LogP contribution in [0, 0.1) is 5.92 Å². The number of nitrogens with zero attached hydrogens (tertiary/aromatic N) is 1. The maximum absolute atomic E-state index is 5.80. The van der Waals surface area contributed by atoms with Crippen LogP contribution in [0.3, 0.4) is 0 Å². The van der Waals surface area contributed by atoms with Crippen molar-refractivity contribution in [3.63, 3.8) is 0 Å². The van der Waals surface area contributed by atoms with E-state index < -0.39 is 0 Å². The van der Waals surface area contributed by atoms with E-state index >= 15 is 0 Å². The van der Waals surface area contributed by atoms with Gasteiger partial charge in [0.1, 0.15) is 0 Å². The van der Waals surface area contributed by atoms with Crippen LogP contribution in [0.15, 0.2) is 24.3 Å². The molecule has 1 saturated heterocycles. The number of rotatable bonds is 6. The zero-order chi connectivity index (χ0) is 15.2. The van der Waals surface area contributed by atoms with Crippen molar-refractivity contribution in [1.29, 1.82) is 0 Å². The van der Waals surface area contributed by atoms with Crippen LogP contribution in [0.1, 0.15) is 38.8 Å². The molecule has 1 aliphatic heterocycles. The molecule has 2 atom stereocenters. The lowest BCUT2D eigenvalue weighted by molar-refractivity contribution is -0.0704. The predicted octanol–water partition coefficient (Wildman–Crippen LogP) is 3.04. The smallest absolute Gasteiger partial charge is 0.0678 e. The summed E-state index contributed by atoms with van der Waals surface area (Å²) in [7, 11) is 0. The highest BCUT2D eigenvalue weighted by atomic mass is 16.5. The Hall–Kier alpha value is -0.900. The standard InChI is InChI=1S/C18H30N2O/c1-14(2)9-19-10-17-6-5-7-18(8-17)13-20-11-15(3)21-16(4)12-20/h5-8,14-16,19H,9-13H2,1-4H3. The molecule has 0 aliphatic carbocycles. The van der Waals surface area contributed by atoms with Gasteiger partial charge in [0.2, 0.25) is 0 Å². The summed E-state index contributed by atoms with van der Waals surface area (Å²) in [6.07, 6.45) is 0.675. The van der Waals surface area contributed by atoms with Gasteiger partial charge in [-0.3, -0.25) is 4.90 Å². The minimum Gasteiger partial charge on any atom is -0.373 e.